The van der Waals surface area contributed by atoms with Crippen LogP contribution in [0.5, 0.6) is 0 Å². The van der Waals surface area contributed by atoms with Crippen molar-refractivity contribution in [2.45, 2.75) is 13.8 Å². The highest BCUT2D eigenvalue weighted by Crippen LogP contribution is 2.26. The average molecular weight is 446 g/mol. The van der Waals surface area contributed by atoms with Crippen LogP contribution < -0.4 is 5.56 Å². The van der Waals surface area contributed by atoms with Crippen molar-refractivity contribution in [1.29, 1.82) is 0 Å². The number of benzene rings is 2. The second kappa shape index (κ2) is 5.87. The highest BCUT2D eigenvalue weighted by molar-refractivity contribution is 14.1. The van der Waals surface area contributed by atoms with E-state index in [4.69, 9.17) is 4.74 Å². The molecule has 6 heteroatoms. The molecule has 0 amide bonds. The van der Waals surface area contributed by atoms with Crippen LogP contribution in [0.15, 0.2) is 47.3 Å². The Balaban J connectivity index is 2.33. The van der Waals surface area contributed by atoms with Gasteiger partial charge in [0.2, 0.25) is 0 Å². The highest BCUT2D eigenvalue weighted by Gasteiger charge is 2.22. The maximum absolute atomic E-state index is 13.0. The molecular formula is C19H15IN2O3. The van der Waals surface area contributed by atoms with Crippen LogP contribution in [0.25, 0.3) is 21.8 Å². The number of hydrogen-bond donors (Lipinski definition) is 0. The minimum Gasteiger partial charge on any atom is -0.462 e. The molecule has 4 aromatic rings. The van der Waals surface area contributed by atoms with Crippen LogP contribution in [0.4, 0.5) is 0 Å². The van der Waals surface area contributed by atoms with Crippen molar-refractivity contribution in [1.82, 2.24) is 9.03 Å². The van der Waals surface area contributed by atoms with Gasteiger partial charge in [-0.3, -0.25) is 4.79 Å². The van der Waals surface area contributed by atoms with Gasteiger partial charge < -0.3 is 4.74 Å². The van der Waals surface area contributed by atoms with E-state index >= 15 is 0 Å². The number of halogens is 1. The van der Waals surface area contributed by atoms with Crippen LogP contribution >= 0.6 is 22.6 Å². The van der Waals surface area contributed by atoms with E-state index in [1.54, 1.807) is 22.0 Å². The Kier molecular flexibility index (Phi) is 3.79. The third kappa shape index (κ3) is 2.27. The molecule has 2 aromatic heterocycles. The van der Waals surface area contributed by atoms with Crippen molar-refractivity contribution < 1.29 is 9.53 Å². The van der Waals surface area contributed by atoms with Crippen LogP contribution in [0.3, 0.4) is 0 Å². The fraction of sp³-hybridized carbons (Fsp3) is 0.158. The fourth-order valence-electron chi connectivity index (χ4n) is 3.35. The van der Waals surface area contributed by atoms with E-state index in [0.29, 0.717) is 28.8 Å². The van der Waals surface area contributed by atoms with Crippen molar-refractivity contribution in [2.24, 2.45) is 0 Å². The fourth-order valence-corrected chi connectivity index (χ4v) is 3.85. The largest absolute Gasteiger partial charge is 0.462 e. The number of rotatable bonds is 2. The molecule has 0 bridgehead atoms. The van der Waals surface area contributed by atoms with Gasteiger partial charge >= 0.3 is 5.97 Å². The molecule has 0 unspecified atom stereocenters. The first kappa shape index (κ1) is 16.1. The number of para-hydroxylation sites is 1. The topological polar surface area (TPSA) is 52.2 Å². The molecule has 0 saturated heterocycles. The van der Waals surface area contributed by atoms with E-state index in [0.717, 1.165) is 14.5 Å². The van der Waals surface area contributed by atoms with Gasteiger partial charge in [0, 0.05) is 8.96 Å². The predicted molar refractivity (Wildman–Crippen MR) is 106 cm³/mol. The van der Waals surface area contributed by atoms with Gasteiger partial charge in [0.15, 0.2) is 0 Å². The second-order valence-corrected chi connectivity index (χ2v) is 7.03. The molecule has 4 rings (SSSR count). The number of nitrogens with zero attached hydrogens (tertiary/aromatic N) is 2. The van der Waals surface area contributed by atoms with Crippen molar-refractivity contribution in [3.63, 3.8) is 0 Å². The van der Waals surface area contributed by atoms with E-state index in [2.05, 4.69) is 22.6 Å². The summed E-state index contributed by atoms with van der Waals surface area (Å²) in [5, 5.41) is 1.34. The molecule has 0 N–H and O–H groups in total. The number of carbonyl (C=O) groups excluding carboxylic acids is 1. The van der Waals surface area contributed by atoms with Gasteiger partial charge in [-0.2, -0.15) is 0 Å². The smallest absolute Gasteiger partial charge is 0.340 e. The summed E-state index contributed by atoms with van der Waals surface area (Å²) in [5.74, 6) is -0.375. The third-order valence-corrected chi connectivity index (χ3v) is 5.04. The van der Waals surface area contributed by atoms with Crippen LogP contribution in [0.1, 0.15) is 23.0 Å². The Labute approximate surface area is 156 Å². The maximum Gasteiger partial charge on any atom is 0.340 e. The number of aryl methyl sites for hydroxylation is 1. The second-order valence-electron chi connectivity index (χ2n) is 5.79. The lowest BCUT2D eigenvalue weighted by atomic mass is 10.1. The first-order valence-corrected chi connectivity index (χ1v) is 9.04. The molecule has 0 radical (unpaired) electrons. The summed E-state index contributed by atoms with van der Waals surface area (Å²) in [6.45, 7) is 3.93. The number of carbonyl (C=O) groups is 1. The summed E-state index contributed by atoms with van der Waals surface area (Å²) < 4.78 is 9.71. The van der Waals surface area contributed by atoms with Gasteiger partial charge in [-0.15, -0.1) is 0 Å². The van der Waals surface area contributed by atoms with Crippen molar-refractivity contribution in [3.8, 4) is 0 Å². The normalized spacial score (nSPS) is 11.5. The summed E-state index contributed by atoms with van der Waals surface area (Å²) in [7, 11) is 0. The zero-order valence-electron chi connectivity index (χ0n) is 13.7. The highest BCUT2D eigenvalue weighted by atomic mass is 127. The Morgan fingerprint density at radius 3 is 2.56 bits per heavy atom. The quantitative estimate of drug-likeness (QED) is 0.348. The zero-order valence-corrected chi connectivity index (χ0v) is 15.9. The average Bonchev–Trinajstić information content (AvgIpc) is 2.89. The molecule has 0 aliphatic rings. The van der Waals surface area contributed by atoms with E-state index in [-0.39, 0.29) is 11.5 Å². The summed E-state index contributed by atoms with van der Waals surface area (Å²) in [4.78, 5) is 25.6. The van der Waals surface area contributed by atoms with E-state index in [1.165, 1.54) is 0 Å². The molecule has 0 aliphatic heterocycles. The molecule has 126 valence electrons. The maximum atomic E-state index is 13.0. The molecule has 0 fully saturated rings. The molecule has 25 heavy (non-hydrogen) atoms. The lowest BCUT2D eigenvalue weighted by molar-refractivity contribution is 0.0527. The molecule has 2 heterocycles. The van der Waals surface area contributed by atoms with Crippen LogP contribution in [0, 0.1) is 10.5 Å². The standard InChI is InChI=1S/C19H15IN2O3/c1-3-25-19(24)17-11(2)21-15-7-5-4-6-13(15)18(23)22(21)16-9-8-12(20)10-14(16)17/h4-10H,3H2,1-2H3. The minimum atomic E-state index is -0.375. The molecule has 2 aromatic carbocycles. The van der Waals surface area contributed by atoms with E-state index in [1.807, 2.05) is 43.3 Å². The molecule has 0 aliphatic carbocycles. The minimum absolute atomic E-state index is 0.0969. The van der Waals surface area contributed by atoms with Crippen molar-refractivity contribution in [3.05, 3.63) is 67.6 Å². The van der Waals surface area contributed by atoms with Crippen LogP contribution in [-0.2, 0) is 4.74 Å². The first-order valence-electron chi connectivity index (χ1n) is 7.96. The summed E-state index contributed by atoms with van der Waals surface area (Å²) in [6.07, 6.45) is 0. The zero-order chi connectivity index (χ0) is 17.7. The molecule has 0 spiro atoms. The Morgan fingerprint density at radius 2 is 1.80 bits per heavy atom. The van der Waals surface area contributed by atoms with Crippen LogP contribution in [0.2, 0.25) is 0 Å². The molecule has 0 saturated carbocycles. The predicted octanol–water partition coefficient (Wildman–Crippen LogP) is 3.80. The Bertz CT molecular complexity index is 1220. The summed E-state index contributed by atoms with van der Waals surface area (Å²) in [6, 6.07) is 13.1. The Hall–Kier alpha value is -2.35. The lowest BCUT2D eigenvalue weighted by Gasteiger charge is -2.14. The van der Waals surface area contributed by atoms with Crippen LogP contribution in [-0.4, -0.2) is 21.6 Å². The third-order valence-electron chi connectivity index (χ3n) is 4.37. The summed E-state index contributed by atoms with van der Waals surface area (Å²) >= 11 is 2.20. The van der Waals surface area contributed by atoms with E-state index in [9.17, 15) is 9.59 Å². The van der Waals surface area contributed by atoms with Gasteiger partial charge in [-0.1, -0.05) is 12.1 Å². The van der Waals surface area contributed by atoms with E-state index < -0.39 is 0 Å². The first-order chi connectivity index (χ1) is 12.0. The van der Waals surface area contributed by atoms with Crippen molar-refractivity contribution in [2.75, 3.05) is 6.61 Å². The van der Waals surface area contributed by atoms with Gasteiger partial charge in [-0.05, 0) is 66.8 Å². The monoisotopic (exact) mass is 446 g/mol. The van der Waals surface area contributed by atoms with Gasteiger partial charge in [0.25, 0.3) is 5.56 Å². The molecule has 5 nitrogen and oxygen atoms in total. The van der Waals surface area contributed by atoms with Gasteiger partial charge in [0.1, 0.15) is 0 Å². The number of aromatic nitrogens is 2. The Morgan fingerprint density at radius 1 is 1.08 bits per heavy atom. The molecule has 0 atom stereocenters. The molecular weight excluding hydrogens is 431 g/mol. The SMILES string of the molecule is CCOC(=O)c1c(C)n2c3ccccc3c(=O)n2c2ccc(I)cc12. The van der Waals surface area contributed by atoms with Gasteiger partial charge in [0.05, 0.1) is 34.3 Å². The van der Waals surface area contributed by atoms with Gasteiger partial charge in [-0.25, -0.2) is 13.8 Å². The lowest BCUT2D eigenvalue weighted by Crippen LogP contribution is -2.19. The summed E-state index contributed by atoms with van der Waals surface area (Å²) in [5.41, 5.74) is 2.55. The number of hydrogen-bond acceptors (Lipinski definition) is 3. The number of ether oxygens (including phenoxy) is 1. The number of esters is 1. The number of fused-ring (bicyclic) bond motifs is 5. The van der Waals surface area contributed by atoms with Crippen molar-refractivity contribution >= 4 is 50.4 Å².